The number of nitrogens with zero attached hydrogens (tertiary/aromatic N) is 1. The van der Waals surface area contributed by atoms with E-state index in [1.165, 1.54) is 5.56 Å². The van der Waals surface area contributed by atoms with E-state index in [2.05, 4.69) is 29.2 Å². The fourth-order valence-electron chi connectivity index (χ4n) is 2.89. The van der Waals surface area contributed by atoms with Crippen LogP contribution in [-0.4, -0.2) is 24.3 Å². The summed E-state index contributed by atoms with van der Waals surface area (Å²) in [6, 6.07) is 17.7. The van der Waals surface area contributed by atoms with Gasteiger partial charge in [-0.2, -0.15) is 0 Å². The molecule has 0 N–H and O–H groups in total. The van der Waals surface area contributed by atoms with E-state index in [1.54, 1.807) is 13.2 Å². The number of ether oxygens (including phenoxy) is 1. The number of hydrogen-bond donors (Lipinski definition) is 0. The molecule has 0 amide bonds. The Balaban J connectivity index is 1.73. The van der Waals surface area contributed by atoms with Gasteiger partial charge in [-0.25, -0.2) is 0 Å². The van der Waals surface area contributed by atoms with Crippen molar-refractivity contribution in [3.8, 4) is 5.75 Å². The molecule has 0 unspecified atom stereocenters. The van der Waals surface area contributed by atoms with Crippen molar-refractivity contribution in [2.24, 2.45) is 0 Å². The van der Waals surface area contributed by atoms with Gasteiger partial charge in [0.1, 0.15) is 5.75 Å². The van der Waals surface area contributed by atoms with Crippen LogP contribution in [0, 0.1) is 0 Å². The predicted octanol–water partition coefficient (Wildman–Crippen LogP) is 4.06. The molecule has 0 saturated carbocycles. The number of benzene rings is 2. The molecule has 0 spiro atoms. The van der Waals surface area contributed by atoms with E-state index in [-0.39, 0.29) is 5.78 Å². The number of allylic oxidation sites excluding steroid dienone is 2. The largest absolute Gasteiger partial charge is 0.497 e. The van der Waals surface area contributed by atoms with Gasteiger partial charge in [-0.3, -0.25) is 4.79 Å². The molecule has 1 heterocycles. The molecule has 1 saturated heterocycles. The fourth-order valence-corrected chi connectivity index (χ4v) is 2.89. The van der Waals surface area contributed by atoms with Gasteiger partial charge in [0.05, 0.1) is 7.11 Å². The van der Waals surface area contributed by atoms with Crippen molar-refractivity contribution in [1.82, 2.24) is 4.90 Å². The zero-order valence-corrected chi connectivity index (χ0v) is 13.4. The number of likely N-dealkylation sites (tertiary alicyclic amines) is 1. The first-order chi connectivity index (χ1) is 11.3. The van der Waals surface area contributed by atoms with E-state index in [1.807, 2.05) is 30.3 Å². The van der Waals surface area contributed by atoms with Gasteiger partial charge in [0, 0.05) is 30.4 Å². The molecule has 0 bridgehead atoms. The lowest BCUT2D eigenvalue weighted by molar-refractivity contribution is 0.104. The molecule has 0 radical (unpaired) electrons. The lowest BCUT2D eigenvalue weighted by atomic mass is 10.1. The normalized spacial score (nSPS) is 15.9. The third kappa shape index (κ3) is 3.81. The highest BCUT2D eigenvalue weighted by Gasteiger charge is 2.18. The average molecular weight is 307 g/mol. The number of rotatable bonds is 5. The van der Waals surface area contributed by atoms with Crippen molar-refractivity contribution in [3.05, 3.63) is 77.5 Å². The van der Waals surface area contributed by atoms with Crippen molar-refractivity contribution in [3.63, 3.8) is 0 Å². The topological polar surface area (TPSA) is 29.5 Å². The summed E-state index contributed by atoms with van der Waals surface area (Å²) in [5.41, 5.74) is 3.11. The SMILES string of the molecule is COc1ccc(C(=O)/C=C2/CCCN2Cc2ccccc2)cc1. The second kappa shape index (κ2) is 7.14. The Morgan fingerprint density at radius 3 is 2.57 bits per heavy atom. The molecule has 0 aromatic heterocycles. The smallest absolute Gasteiger partial charge is 0.187 e. The zero-order chi connectivity index (χ0) is 16.1. The Kier molecular flexibility index (Phi) is 4.77. The van der Waals surface area contributed by atoms with Gasteiger partial charge in [0.25, 0.3) is 0 Å². The van der Waals surface area contributed by atoms with Crippen molar-refractivity contribution < 1.29 is 9.53 Å². The molecule has 118 valence electrons. The summed E-state index contributed by atoms with van der Waals surface area (Å²) >= 11 is 0. The van der Waals surface area contributed by atoms with Crippen LogP contribution in [0.25, 0.3) is 0 Å². The minimum Gasteiger partial charge on any atom is -0.497 e. The minimum absolute atomic E-state index is 0.0580. The Labute approximate surface area is 137 Å². The molecule has 3 rings (SSSR count). The highest BCUT2D eigenvalue weighted by atomic mass is 16.5. The molecule has 1 fully saturated rings. The molecule has 23 heavy (non-hydrogen) atoms. The zero-order valence-electron chi connectivity index (χ0n) is 13.4. The molecule has 2 aromatic rings. The van der Waals surface area contributed by atoms with E-state index in [0.717, 1.165) is 37.4 Å². The van der Waals surface area contributed by atoms with Crippen LogP contribution in [0.1, 0.15) is 28.8 Å². The molecule has 1 aliphatic heterocycles. The van der Waals surface area contributed by atoms with Gasteiger partial charge in [-0.05, 0) is 42.7 Å². The summed E-state index contributed by atoms with van der Waals surface area (Å²) in [5.74, 6) is 0.823. The fraction of sp³-hybridized carbons (Fsp3) is 0.250. The Bertz CT molecular complexity index is 689. The molecular weight excluding hydrogens is 286 g/mol. The summed E-state index contributed by atoms with van der Waals surface area (Å²) in [6.45, 7) is 1.87. The van der Waals surface area contributed by atoms with Gasteiger partial charge in [-0.1, -0.05) is 30.3 Å². The maximum atomic E-state index is 12.5. The van der Waals surface area contributed by atoms with Gasteiger partial charge < -0.3 is 9.64 Å². The number of carbonyl (C=O) groups excluding carboxylic acids is 1. The third-order valence-electron chi connectivity index (χ3n) is 4.16. The van der Waals surface area contributed by atoms with Gasteiger partial charge in [-0.15, -0.1) is 0 Å². The van der Waals surface area contributed by atoms with Gasteiger partial charge >= 0.3 is 0 Å². The van der Waals surface area contributed by atoms with Crippen LogP contribution in [0.5, 0.6) is 5.75 Å². The molecule has 0 atom stereocenters. The molecule has 1 aliphatic rings. The summed E-state index contributed by atoms with van der Waals surface area (Å²) < 4.78 is 5.13. The van der Waals surface area contributed by atoms with E-state index in [4.69, 9.17) is 4.74 Å². The lowest BCUT2D eigenvalue weighted by Crippen LogP contribution is -2.18. The Hall–Kier alpha value is -2.55. The molecule has 3 heteroatoms. The molecular formula is C20H21NO2. The van der Waals surface area contributed by atoms with Crippen LogP contribution in [0.3, 0.4) is 0 Å². The number of hydrogen-bond acceptors (Lipinski definition) is 3. The Morgan fingerprint density at radius 1 is 1.13 bits per heavy atom. The van der Waals surface area contributed by atoms with E-state index in [9.17, 15) is 4.79 Å². The quantitative estimate of drug-likeness (QED) is 0.616. The average Bonchev–Trinajstić information content (AvgIpc) is 3.02. The van der Waals surface area contributed by atoms with E-state index in [0.29, 0.717) is 5.56 Å². The van der Waals surface area contributed by atoms with Crippen molar-refractivity contribution in [2.45, 2.75) is 19.4 Å². The van der Waals surface area contributed by atoms with Crippen molar-refractivity contribution in [1.29, 1.82) is 0 Å². The lowest BCUT2D eigenvalue weighted by Gasteiger charge is -2.20. The first-order valence-electron chi connectivity index (χ1n) is 7.94. The first-order valence-corrected chi connectivity index (χ1v) is 7.94. The second-order valence-corrected chi connectivity index (χ2v) is 5.74. The van der Waals surface area contributed by atoms with Crippen molar-refractivity contribution >= 4 is 5.78 Å². The maximum Gasteiger partial charge on any atom is 0.187 e. The summed E-state index contributed by atoms with van der Waals surface area (Å²) in [4.78, 5) is 14.8. The molecule has 0 aliphatic carbocycles. The van der Waals surface area contributed by atoms with Crippen LogP contribution in [0.15, 0.2) is 66.4 Å². The maximum absolute atomic E-state index is 12.5. The van der Waals surface area contributed by atoms with Crippen LogP contribution >= 0.6 is 0 Å². The molecule has 2 aromatic carbocycles. The number of methoxy groups -OCH3 is 1. The third-order valence-corrected chi connectivity index (χ3v) is 4.16. The summed E-state index contributed by atoms with van der Waals surface area (Å²) in [7, 11) is 1.62. The van der Waals surface area contributed by atoms with Crippen LogP contribution in [0.2, 0.25) is 0 Å². The van der Waals surface area contributed by atoms with Crippen molar-refractivity contribution in [2.75, 3.05) is 13.7 Å². The first kappa shape index (κ1) is 15.3. The molecule has 3 nitrogen and oxygen atoms in total. The van der Waals surface area contributed by atoms with E-state index < -0.39 is 0 Å². The number of ketones is 1. The van der Waals surface area contributed by atoms with Crippen LogP contribution in [0.4, 0.5) is 0 Å². The second-order valence-electron chi connectivity index (χ2n) is 5.74. The van der Waals surface area contributed by atoms with Gasteiger partial charge in [0.2, 0.25) is 0 Å². The van der Waals surface area contributed by atoms with Gasteiger partial charge in [0.15, 0.2) is 5.78 Å². The standard InChI is InChI=1S/C20H21NO2/c1-23-19-11-9-17(10-12-19)20(22)14-18-8-5-13-21(18)15-16-6-3-2-4-7-16/h2-4,6-7,9-12,14H,5,8,13,15H2,1H3/b18-14-. The summed E-state index contributed by atoms with van der Waals surface area (Å²) in [5, 5.41) is 0. The van der Waals surface area contributed by atoms with Crippen LogP contribution in [-0.2, 0) is 6.54 Å². The minimum atomic E-state index is 0.0580. The highest BCUT2D eigenvalue weighted by Crippen LogP contribution is 2.24. The Morgan fingerprint density at radius 2 is 1.87 bits per heavy atom. The highest BCUT2D eigenvalue weighted by molar-refractivity contribution is 6.04. The number of carbonyl (C=O) groups is 1. The van der Waals surface area contributed by atoms with Crippen LogP contribution < -0.4 is 4.74 Å². The monoisotopic (exact) mass is 307 g/mol. The van der Waals surface area contributed by atoms with E-state index >= 15 is 0 Å². The summed E-state index contributed by atoms with van der Waals surface area (Å²) in [6.07, 6.45) is 3.86. The predicted molar refractivity (Wildman–Crippen MR) is 91.5 cm³/mol.